The zero-order chi connectivity index (χ0) is 17.6. The van der Waals surface area contributed by atoms with Gasteiger partial charge in [0.1, 0.15) is 0 Å². The molecule has 0 radical (unpaired) electrons. The van der Waals surface area contributed by atoms with Gasteiger partial charge in [-0.3, -0.25) is 4.79 Å². The fourth-order valence-electron chi connectivity index (χ4n) is 3.43. The van der Waals surface area contributed by atoms with Gasteiger partial charge in [-0.1, -0.05) is 6.92 Å². The van der Waals surface area contributed by atoms with E-state index in [1.807, 2.05) is 4.90 Å². The number of morpholine rings is 1. The zero-order valence-electron chi connectivity index (χ0n) is 15.2. The lowest BCUT2D eigenvalue weighted by Gasteiger charge is -2.27. The van der Waals surface area contributed by atoms with Gasteiger partial charge < -0.3 is 19.3 Å². The number of hydrogen-bond acceptors (Lipinski definition) is 6. The summed E-state index contributed by atoms with van der Waals surface area (Å²) < 4.78 is 10.5. The quantitative estimate of drug-likeness (QED) is 0.730. The van der Waals surface area contributed by atoms with Gasteiger partial charge in [0, 0.05) is 51.1 Å². The van der Waals surface area contributed by atoms with Gasteiger partial charge in [-0.25, -0.2) is 9.97 Å². The lowest BCUT2D eigenvalue weighted by atomic mass is 10.0. The summed E-state index contributed by atoms with van der Waals surface area (Å²) >= 11 is 0. The summed E-state index contributed by atoms with van der Waals surface area (Å²) in [6.45, 7) is 7.28. The van der Waals surface area contributed by atoms with Crippen molar-refractivity contribution in [1.82, 2.24) is 14.9 Å². The average molecular weight is 348 g/mol. The highest BCUT2D eigenvalue weighted by Gasteiger charge is 2.29. The lowest BCUT2D eigenvalue weighted by Crippen LogP contribution is -2.37. The number of methoxy groups -OCH3 is 1. The van der Waals surface area contributed by atoms with E-state index < -0.39 is 0 Å². The second-order valence-electron chi connectivity index (χ2n) is 6.71. The molecule has 2 aliphatic rings. The van der Waals surface area contributed by atoms with Crippen molar-refractivity contribution < 1.29 is 14.3 Å². The second kappa shape index (κ2) is 8.58. The molecule has 0 bridgehead atoms. The van der Waals surface area contributed by atoms with Crippen molar-refractivity contribution in [3.8, 4) is 0 Å². The topological polar surface area (TPSA) is 67.8 Å². The molecule has 1 unspecified atom stereocenters. The van der Waals surface area contributed by atoms with Gasteiger partial charge in [0.05, 0.1) is 19.8 Å². The first-order valence-electron chi connectivity index (χ1n) is 9.15. The Labute approximate surface area is 149 Å². The molecule has 0 aromatic carbocycles. The summed E-state index contributed by atoms with van der Waals surface area (Å²) in [5.74, 6) is 1.35. The van der Waals surface area contributed by atoms with Gasteiger partial charge in [0.2, 0.25) is 11.9 Å². The van der Waals surface area contributed by atoms with E-state index in [1.165, 1.54) is 0 Å². The summed E-state index contributed by atoms with van der Waals surface area (Å²) in [5.41, 5.74) is 2.10. The zero-order valence-corrected chi connectivity index (χ0v) is 15.2. The molecule has 1 atom stereocenters. The van der Waals surface area contributed by atoms with Gasteiger partial charge in [-0.2, -0.15) is 0 Å². The molecule has 1 aromatic rings. The maximum absolute atomic E-state index is 12.1. The number of nitrogens with zero attached hydrogens (tertiary/aromatic N) is 4. The van der Waals surface area contributed by atoms with E-state index in [-0.39, 0.29) is 5.91 Å². The highest BCUT2D eigenvalue weighted by atomic mass is 16.5. The Morgan fingerprint density at radius 2 is 2.04 bits per heavy atom. The smallest absolute Gasteiger partial charge is 0.225 e. The molecule has 0 spiro atoms. The molecule has 2 aliphatic heterocycles. The fourth-order valence-corrected chi connectivity index (χ4v) is 3.43. The molecular weight excluding hydrogens is 320 g/mol. The van der Waals surface area contributed by atoms with Crippen LogP contribution in [0.2, 0.25) is 0 Å². The predicted molar refractivity (Wildman–Crippen MR) is 94.7 cm³/mol. The number of rotatable bonds is 7. The highest BCUT2D eigenvalue weighted by Crippen LogP contribution is 2.23. The number of amides is 1. The molecular formula is C18H28N4O3. The largest absolute Gasteiger partial charge is 0.383 e. The average Bonchev–Trinajstić information content (AvgIpc) is 2.99. The molecule has 2 fully saturated rings. The van der Waals surface area contributed by atoms with Crippen molar-refractivity contribution in [3.05, 3.63) is 17.5 Å². The molecule has 0 aliphatic carbocycles. The molecule has 2 saturated heterocycles. The Hall–Kier alpha value is -1.73. The van der Waals surface area contributed by atoms with E-state index in [1.54, 1.807) is 7.11 Å². The Morgan fingerprint density at radius 1 is 1.28 bits per heavy atom. The van der Waals surface area contributed by atoms with E-state index >= 15 is 0 Å². The Kier molecular flexibility index (Phi) is 6.20. The van der Waals surface area contributed by atoms with E-state index in [0.717, 1.165) is 63.0 Å². The summed E-state index contributed by atoms with van der Waals surface area (Å²) in [5, 5.41) is 0. The van der Waals surface area contributed by atoms with E-state index in [2.05, 4.69) is 22.9 Å². The number of carbonyl (C=O) groups excluding carboxylic acids is 1. The summed E-state index contributed by atoms with van der Waals surface area (Å²) in [4.78, 5) is 25.7. The van der Waals surface area contributed by atoms with E-state index in [9.17, 15) is 4.79 Å². The van der Waals surface area contributed by atoms with Crippen LogP contribution in [0.15, 0.2) is 6.07 Å². The Balaban J connectivity index is 1.68. The summed E-state index contributed by atoms with van der Waals surface area (Å²) in [7, 11) is 1.67. The number of carbonyl (C=O) groups is 1. The molecule has 3 heterocycles. The maximum atomic E-state index is 12.1. The normalized spacial score (nSPS) is 21.2. The predicted octanol–water partition coefficient (Wildman–Crippen LogP) is 0.913. The molecule has 25 heavy (non-hydrogen) atoms. The molecule has 1 aromatic heterocycles. The van der Waals surface area contributed by atoms with Crippen LogP contribution in [0.1, 0.15) is 24.7 Å². The van der Waals surface area contributed by atoms with Crippen LogP contribution in [0, 0.1) is 5.92 Å². The van der Waals surface area contributed by atoms with Crippen LogP contribution in [0.3, 0.4) is 0 Å². The number of anilines is 1. The highest BCUT2D eigenvalue weighted by molar-refractivity contribution is 5.78. The second-order valence-corrected chi connectivity index (χ2v) is 6.71. The molecule has 1 amide bonds. The van der Waals surface area contributed by atoms with E-state index in [4.69, 9.17) is 14.5 Å². The maximum Gasteiger partial charge on any atom is 0.225 e. The third-order valence-corrected chi connectivity index (χ3v) is 4.83. The SMILES string of the molecule is CCc1cc(CC2CC(=O)N(CCOC)C2)nc(N2CCOCC2)n1. The van der Waals surface area contributed by atoms with E-state index in [0.29, 0.717) is 25.5 Å². The van der Waals surface area contributed by atoms with Crippen molar-refractivity contribution in [2.45, 2.75) is 26.2 Å². The Morgan fingerprint density at radius 3 is 2.76 bits per heavy atom. The van der Waals surface area contributed by atoms with Crippen molar-refractivity contribution >= 4 is 11.9 Å². The van der Waals surface area contributed by atoms with Gasteiger partial charge >= 0.3 is 0 Å². The minimum Gasteiger partial charge on any atom is -0.383 e. The summed E-state index contributed by atoms with van der Waals surface area (Å²) in [6, 6.07) is 2.09. The third kappa shape index (κ3) is 4.67. The number of likely N-dealkylation sites (tertiary alicyclic amines) is 1. The summed E-state index contributed by atoms with van der Waals surface area (Å²) in [6.07, 6.45) is 2.31. The van der Waals surface area contributed by atoms with Crippen LogP contribution in [0.4, 0.5) is 5.95 Å². The number of ether oxygens (including phenoxy) is 2. The number of aromatic nitrogens is 2. The number of hydrogen-bond donors (Lipinski definition) is 0. The van der Waals surface area contributed by atoms with Crippen LogP contribution in [0.25, 0.3) is 0 Å². The molecule has 3 rings (SSSR count). The minimum atomic E-state index is 0.222. The molecule has 0 saturated carbocycles. The Bertz CT molecular complexity index is 590. The molecule has 7 heteroatoms. The third-order valence-electron chi connectivity index (χ3n) is 4.83. The van der Waals surface area contributed by atoms with Gasteiger partial charge in [-0.15, -0.1) is 0 Å². The fraction of sp³-hybridized carbons (Fsp3) is 0.722. The van der Waals surface area contributed by atoms with Crippen molar-refractivity contribution in [3.63, 3.8) is 0 Å². The lowest BCUT2D eigenvalue weighted by molar-refractivity contribution is -0.128. The van der Waals surface area contributed by atoms with Crippen molar-refractivity contribution in [2.75, 3.05) is 58.0 Å². The van der Waals surface area contributed by atoms with Gasteiger partial charge in [-0.05, 0) is 24.8 Å². The molecule has 7 nitrogen and oxygen atoms in total. The first-order valence-corrected chi connectivity index (χ1v) is 9.15. The number of aryl methyl sites for hydroxylation is 1. The van der Waals surface area contributed by atoms with Gasteiger partial charge in [0.25, 0.3) is 0 Å². The van der Waals surface area contributed by atoms with Crippen LogP contribution in [-0.4, -0.2) is 73.9 Å². The van der Waals surface area contributed by atoms with Crippen molar-refractivity contribution in [2.24, 2.45) is 5.92 Å². The first kappa shape index (κ1) is 18.1. The molecule has 0 N–H and O–H groups in total. The van der Waals surface area contributed by atoms with Crippen molar-refractivity contribution in [1.29, 1.82) is 0 Å². The first-order chi connectivity index (χ1) is 12.2. The van der Waals surface area contributed by atoms with Crippen LogP contribution < -0.4 is 4.90 Å². The van der Waals surface area contributed by atoms with Crippen LogP contribution in [0.5, 0.6) is 0 Å². The standard InChI is InChI=1S/C18H28N4O3/c1-3-15-12-16(20-18(19-15)21-5-8-25-9-6-21)10-14-11-17(23)22(13-14)4-7-24-2/h12,14H,3-11,13H2,1-2H3. The van der Waals surface area contributed by atoms with Crippen LogP contribution in [-0.2, 0) is 27.1 Å². The van der Waals surface area contributed by atoms with Gasteiger partial charge in [0.15, 0.2) is 0 Å². The van der Waals surface area contributed by atoms with Crippen LogP contribution >= 0.6 is 0 Å². The minimum absolute atomic E-state index is 0.222. The monoisotopic (exact) mass is 348 g/mol. The molecule has 138 valence electrons.